The Morgan fingerprint density at radius 2 is 1.28 bits per heavy atom. The summed E-state index contributed by atoms with van der Waals surface area (Å²) < 4.78 is 11.0. The largest absolute Gasteiger partial charge is 0.465 e. The van der Waals surface area contributed by atoms with Crippen LogP contribution in [0.3, 0.4) is 0 Å². The van der Waals surface area contributed by atoms with Crippen LogP contribution in [0.25, 0.3) is 0 Å². The van der Waals surface area contributed by atoms with Gasteiger partial charge in [-0.25, -0.2) is 0 Å². The van der Waals surface area contributed by atoms with E-state index in [9.17, 15) is 9.59 Å². The van der Waals surface area contributed by atoms with E-state index in [0.29, 0.717) is 26.1 Å². The number of esters is 2. The molecule has 0 aromatic carbocycles. The molecule has 0 saturated heterocycles. The van der Waals surface area contributed by atoms with Crippen molar-refractivity contribution < 1.29 is 19.1 Å². The van der Waals surface area contributed by atoms with Crippen molar-refractivity contribution in [2.24, 2.45) is 5.41 Å². The van der Waals surface area contributed by atoms with E-state index in [0.717, 1.165) is 51.4 Å². The molecule has 0 radical (unpaired) electrons. The van der Waals surface area contributed by atoms with E-state index >= 15 is 0 Å². The summed E-state index contributed by atoms with van der Waals surface area (Å²) in [6.45, 7) is 18.5. The quantitative estimate of drug-likeness (QED) is 0.110. The van der Waals surface area contributed by atoms with Crippen molar-refractivity contribution in [2.45, 2.75) is 91.4 Å². The highest BCUT2D eigenvalue weighted by atomic mass is 16.6. The highest BCUT2D eigenvalue weighted by molar-refractivity contribution is 6.00. The number of hydrogen-bond acceptors (Lipinski definition) is 4. The van der Waals surface area contributed by atoms with E-state index in [-0.39, 0.29) is 6.42 Å². The highest BCUT2D eigenvalue weighted by Crippen LogP contribution is 2.33. The predicted octanol–water partition coefficient (Wildman–Crippen LogP) is 6.71. The number of unbranched alkanes of at least 4 members (excludes halogenated alkanes) is 2. The lowest BCUT2D eigenvalue weighted by Crippen LogP contribution is -2.42. The van der Waals surface area contributed by atoms with E-state index in [4.69, 9.17) is 9.47 Å². The monoisotopic (exact) mass is 406 g/mol. The SMILES string of the molecule is C=CCC(CCC)(C(=O)OCCCCC(=C)CC)C(=O)OCCCCC(=C)CC. The maximum absolute atomic E-state index is 12.9. The van der Waals surface area contributed by atoms with Crippen LogP contribution < -0.4 is 0 Å². The third-order valence-electron chi connectivity index (χ3n) is 5.27. The molecule has 0 heterocycles. The van der Waals surface area contributed by atoms with Gasteiger partial charge in [0.25, 0.3) is 0 Å². The second-order valence-electron chi connectivity index (χ2n) is 7.72. The first-order chi connectivity index (χ1) is 13.9. The standard InChI is InChI=1S/C25H42O4/c1-7-17-25(18-8-2,23(26)28-19-13-11-15-21(5)9-3)24(27)29-20-14-12-16-22(6)10-4/h7H,1,5-6,8-20H2,2-4H3. The number of allylic oxidation sites excluding steroid dienone is 3. The molecule has 166 valence electrons. The van der Waals surface area contributed by atoms with Gasteiger partial charge in [-0.1, -0.05) is 57.6 Å². The van der Waals surface area contributed by atoms with Crippen LogP contribution in [-0.2, 0) is 19.1 Å². The van der Waals surface area contributed by atoms with E-state index in [2.05, 4.69) is 33.6 Å². The first-order valence-electron chi connectivity index (χ1n) is 11.2. The molecule has 29 heavy (non-hydrogen) atoms. The number of carbonyl (C=O) groups excluding carboxylic acids is 2. The second kappa shape index (κ2) is 16.0. The van der Waals surface area contributed by atoms with Gasteiger partial charge in [0.05, 0.1) is 13.2 Å². The number of carbonyl (C=O) groups is 2. The predicted molar refractivity (Wildman–Crippen MR) is 121 cm³/mol. The summed E-state index contributed by atoms with van der Waals surface area (Å²) in [6.07, 6.45) is 10.1. The molecular weight excluding hydrogens is 364 g/mol. The summed E-state index contributed by atoms with van der Waals surface area (Å²) in [5.41, 5.74) is 1.13. The second-order valence-corrected chi connectivity index (χ2v) is 7.72. The minimum Gasteiger partial charge on any atom is -0.465 e. The minimum atomic E-state index is -1.28. The van der Waals surface area contributed by atoms with Crippen LogP contribution in [0.4, 0.5) is 0 Å². The summed E-state index contributed by atoms with van der Waals surface area (Å²) >= 11 is 0. The first-order valence-corrected chi connectivity index (χ1v) is 11.2. The number of hydrogen-bond donors (Lipinski definition) is 0. The molecule has 0 aliphatic rings. The average molecular weight is 407 g/mol. The summed E-state index contributed by atoms with van der Waals surface area (Å²) in [6, 6.07) is 0. The van der Waals surface area contributed by atoms with E-state index in [1.165, 1.54) is 11.1 Å². The molecule has 0 amide bonds. The van der Waals surface area contributed by atoms with Gasteiger partial charge in [0, 0.05) is 0 Å². The van der Waals surface area contributed by atoms with Gasteiger partial charge in [-0.15, -0.1) is 6.58 Å². The topological polar surface area (TPSA) is 52.6 Å². The fourth-order valence-electron chi connectivity index (χ4n) is 3.14. The van der Waals surface area contributed by atoms with Gasteiger partial charge in [0.1, 0.15) is 0 Å². The molecule has 4 nitrogen and oxygen atoms in total. The van der Waals surface area contributed by atoms with E-state index in [1.807, 2.05) is 6.92 Å². The molecule has 0 N–H and O–H groups in total. The molecule has 0 spiro atoms. The molecule has 0 aromatic heterocycles. The molecule has 0 fully saturated rings. The van der Waals surface area contributed by atoms with Crippen molar-refractivity contribution in [3.8, 4) is 0 Å². The maximum Gasteiger partial charge on any atom is 0.323 e. The summed E-state index contributed by atoms with van der Waals surface area (Å²) in [4.78, 5) is 25.7. The zero-order valence-electron chi connectivity index (χ0n) is 19.0. The Balaban J connectivity index is 4.73. The fourth-order valence-corrected chi connectivity index (χ4v) is 3.14. The Morgan fingerprint density at radius 1 is 0.828 bits per heavy atom. The van der Waals surface area contributed by atoms with Gasteiger partial charge in [-0.3, -0.25) is 9.59 Å². The van der Waals surface area contributed by atoms with Crippen molar-refractivity contribution in [3.63, 3.8) is 0 Å². The lowest BCUT2D eigenvalue weighted by molar-refractivity contribution is -0.173. The van der Waals surface area contributed by atoms with Crippen molar-refractivity contribution in [1.29, 1.82) is 0 Å². The van der Waals surface area contributed by atoms with Crippen molar-refractivity contribution in [2.75, 3.05) is 13.2 Å². The maximum atomic E-state index is 12.9. The van der Waals surface area contributed by atoms with Gasteiger partial charge in [-0.05, 0) is 64.2 Å². The van der Waals surface area contributed by atoms with Crippen LogP contribution in [0.15, 0.2) is 37.0 Å². The Bertz CT molecular complexity index is 495. The van der Waals surface area contributed by atoms with Gasteiger partial charge < -0.3 is 9.47 Å². The zero-order chi connectivity index (χ0) is 22.1. The number of ether oxygens (including phenoxy) is 2. The molecule has 0 aromatic rings. The Labute approximate surface area is 178 Å². The van der Waals surface area contributed by atoms with Crippen molar-refractivity contribution >= 4 is 11.9 Å². The number of rotatable bonds is 18. The van der Waals surface area contributed by atoms with Gasteiger partial charge >= 0.3 is 11.9 Å². The van der Waals surface area contributed by atoms with E-state index < -0.39 is 17.4 Å². The van der Waals surface area contributed by atoms with Crippen molar-refractivity contribution in [3.05, 3.63) is 37.0 Å². The normalized spacial score (nSPS) is 11.0. The molecule has 0 bridgehead atoms. The lowest BCUT2D eigenvalue weighted by Gasteiger charge is -2.28. The van der Waals surface area contributed by atoms with Crippen molar-refractivity contribution in [1.82, 2.24) is 0 Å². The smallest absolute Gasteiger partial charge is 0.323 e. The Morgan fingerprint density at radius 3 is 1.62 bits per heavy atom. The third-order valence-corrected chi connectivity index (χ3v) is 5.27. The van der Waals surface area contributed by atoms with Crippen LogP contribution in [0.1, 0.15) is 91.4 Å². The van der Waals surface area contributed by atoms with Gasteiger partial charge in [-0.2, -0.15) is 0 Å². The first kappa shape index (κ1) is 27.2. The summed E-state index contributed by atoms with van der Waals surface area (Å²) in [5, 5.41) is 0. The molecule has 0 saturated carbocycles. The van der Waals surface area contributed by atoms with Crippen LogP contribution in [0.5, 0.6) is 0 Å². The summed E-state index contributed by atoms with van der Waals surface area (Å²) in [5.74, 6) is -0.976. The Kier molecular flexibility index (Phi) is 15.0. The molecule has 0 aliphatic heterocycles. The van der Waals surface area contributed by atoms with Crippen LogP contribution in [-0.4, -0.2) is 25.2 Å². The third kappa shape index (κ3) is 10.5. The minimum absolute atomic E-state index is 0.234. The molecule has 0 aliphatic carbocycles. The lowest BCUT2D eigenvalue weighted by atomic mass is 9.80. The Hall–Kier alpha value is -1.84. The molecule has 0 rings (SSSR count). The van der Waals surface area contributed by atoms with Crippen LogP contribution >= 0.6 is 0 Å². The molecule has 0 atom stereocenters. The zero-order valence-corrected chi connectivity index (χ0v) is 19.0. The van der Waals surface area contributed by atoms with Gasteiger partial charge in [0.15, 0.2) is 5.41 Å². The fraction of sp³-hybridized carbons (Fsp3) is 0.680. The molecule has 0 unspecified atom stereocenters. The van der Waals surface area contributed by atoms with Gasteiger partial charge in [0.2, 0.25) is 0 Å². The summed E-state index contributed by atoms with van der Waals surface area (Å²) in [7, 11) is 0. The highest BCUT2D eigenvalue weighted by Gasteiger charge is 2.47. The molecule has 4 heteroatoms. The van der Waals surface area contributed by atoms with E-state index in [1.54, 1.807) is 6.08 Å². The average Bonchev–Trinajstić information content (AvgIpc) is 2.71. The van der Waals surface area contributed by atoms with Crippen LogP contribution in [0.2, 0.25) is 0 Å². The van der Waals surface area contributed by atoms with Crippen LogP contribution in [0, 0.1) is 5.41 Å². The molecular formula is C25H42O4.